The molecule has 0 unspecified atom stereocenters. The topological polar surface area (TPSA) is 94.3 Å². The average Bonchev–Trinajstić information content (AvgIpc) is 3.35. The summed E-state index contributed by atoms with van der Waals surface area (Å²) in [6, 6.07) is 18.1. The summed E-state index contributed by atoms with van der Waals surface area (Å²) in [5, 5.41) is 6.46. The highest BCUT2D eigenvalue weighted by Crippen LogP contribution is 2.31. The van der Waals surface area contributed by atoms with Gasteiger partial charge in [-0.25, -0.2) is 4.39 Å². The maximum Gasteiger partial charge on any atom is 0.307 e. The Morgan fingerprint density at radius 3 is 2.43 bits per heavy atom. The maximum atomic E-state index is 14.6. The second kappa shape index (κ2) is 10.3. The molecule has 0 spiro atoms. The first-order chi connectivity index (χ1) is 16.9. The van der Waals surface area contributed by atoms with E-state index >= 15 is 0 Å². The summed E-state index contributed by atoms with van der Waals surface area (Å²) in [4.78, 5) is 27.8. The molecule has 8 heteroatoms. The van der Waals surface area contributed by atoms with Crippen LogP contribution in [0.3, 0.4) is 0 Å². The van der Waals surface area contributed by atoms with E-state index in [1.165, 1.54) is 24.8 Å². The number of amides is 1. The molecule has 0 fully saturated rings. The van der Waals surface area contributed by atoms with E-state index < -0.39 is 17.7 Å². The van der Waals surface area contributed by atoms with Gasteiger partial charge in [0, 0.05) is 17.7 Å². The van der Waals surface area contributed by atoms with E-state index in [-0.39, 0.29) is 24.4 Å². The molecule has 3 aromatic carbocycles. The third-order valence-corrected chi connectivity index (χ3v) is 5.65. The molecule has 35 heavy (non-hydrogen) atoms. The summed E-state index contributed by atoms with van der Waals surface area (Å²) in [5.74, 6) is -1.31. The van der Waals surface area contributed by atoms with Crippen LogP contribution in [0.25, 0.3) is 34.0 Å². The van der Waals surface area contributed by atoms with Crippen molar-refractivity contribution >= 4 is 11.9 Å². The summed E-state index contributed by atoms with van der Waals surface area (Å²) in [6.07, 6.45) is -0.00100. The zero-order chi connectivity index (χ0) is 24.9. The summed E-state index contributed by atoms with van der Waals surface area (Å²) in [7, 11) is 1.26. The van der Waals surface area contributed by atoms with E-state index in [1.807, 2.05) is 37.3 Å². The van der Waals surface area contributed by atoms with E-state index in [1.54, 1.807) is 6.07 Å². The molecule has 1 aromatic heterocycles. The van der Waals surface area contributed by atoms with Gasteiger partial charge in [-0.3, -0.25) is 9.59 Å². The maximum absolute atomic E-state index is 14.6. The number of nitrogens with one attached hydrogen (secondary N) is 1. The number of halogens is 1. The summed E-state index contributed by atoms with van der Waals surface area (Å²) in [6.45, 7) is 4.14. The van der Waals surface area contributed by atoms with Crippen LogP contribution < -0.4 is 5.32 Å². The third-order valence-electron chi connectivity index (χ3n) is 5.65. The molecule has 1 heterocycles. The molecule has 0 aliphatic carbocycles. The lowest BCUT2D eigenvalue weighted by Crippen LogP contribution is -2.27. The lowest BCUT2D eigenvalue weighted by Gasteiger charge is -2.10. The van der Waals surface area contributed by atoms with Crippen LogP contribution in [-0.2, 0) is 9.53 Å². The molecule has 4 rings (SSSR count). The van der Waals surface area contributed by atoms with Crippen molar-refractivity contribution in [3.05, 3.63) is 83.2 Å². The molecule has 178 valence electrons. The van der Waals surface area contributed by atoms with Gasteiger partial charge >= 0.3 is 5.97 Å². The second-order valence-corrected chi connectivity index (χ2v) is 8.04. The lowest BCUT2D eigenvalue weighted by atomic mass is 9.95. The van der Waals surface area contributed by atoms with E-state index in [4.69, 9.17) is 4.52 Å². The number of hydrogen-bond donors (Lipinski definition) is 1. The number of aromatic nitrogens is 2. The third kappa shape index (κ3) is 5.27. The van der Waals surface area contributed by atoms with Crippen molar-refractivity contribution < 1.29 is 23.2 Å². The highest BCUT2D eigenvalue weighted by atomic mass is 19.1. The van der Waals surface area contributed by atoms with Crippen molar-refractivity contribution in [2.45, 2.75) is 20.3 Å². The standard InChI is InChI=1S/C27H24FN3O4/c1-16-6-4-5-7-20(16)21-10-9-19(14-17(21)2)27-30-25(31-35-27)18-8-11-22(23(28)15-18)26(33)29-13-12-24(32)34-3/h4-11,14-15H,12-13H2,1-3H3,(H,29,33). The number of hydrogen-bond acceptors (Lipinski definition) is 6. The van der Waals surface area contributed by atoms with Crippen LogP contribution in [0.2, 0.25) is 0 Å². The van der Waals surface area contributed by atoms with Crippen LogP contribution in [0.15, 0.2) is 65.2 Å². The van der Waals surface area contributed by atoms with Gasteiger partial charge < -0.3 is 14.6 Å². The molecule has 0 aliphatic heterocycles. The SMILES string of the molecule is COC(=O)CCNC(=O)c1ccc(-c2noc(-c3ccc(-c4ccccc4C)c(C)c3)n2)cc1F. The fourth-order valence-corrected chi connectivity index (χ4v) is 3.75. The zero-order valence-corrected chi connectivity index (χ0v) is 19.6. The molecule has 4 aromatic rings. The predicted octanol–water partition coefficient (Wildman–Crippen LogP) is 5.12. The number of ether oxygens (including phenoxy) is 1. The van der Waals surface area contributed by atoms with E-state index in [9.17, 15) is 14.0 Å². The molecule has 0 bridgehead atoms. The number of carbonyl (C=O) groups is 2. The number of carbonyl (C=O) groups excluding carboxylic acids is 2. The Balaban J connectivity index is 1.51. The van der Waals surface area contributed by atoms with Gasteiger partial charge in [0.2, 0.25) is 5.82 Å². The number of rotatable bonds is 7. The second-order valence-electron chi connectivity index (χ2n) is 8.04. The largest absolute Gasteiger partial charge is 0.469 e. The van der Waals surface area contributed by atoms with Crippen LogP contribution in [0.1, 0.15) is 27.9 Å². The quantitative estimate of drug-likeness (QED) is 0.375. The minimum Gasteiger partial charge on any atom is -0.469 e. The smallest absolute Gasteiger partial charge is 0.307 e. The molecule has 0 atom stereocenters. The van der Waals surface area contributed by atoms with Crippen molar-refractivity contribution in [2.24, 2.45) is 0 Å². The van der Waals surface area contributed by atoms with Crippen molar-refractivity contribution in [2.75, 3.05) is 13.7 Å². The molecule has 0 aliphatic rings. The minimum atomic E-state index is -0.733. The zero-order valence-electron chi connectivity index (χ0n) is 19.6. The Morgan fingerprint density at radius 1 is 0.971 bits per heavy atom. The van der Waals surface area contributed by atoms with Crippen LogP contribution in [0.4, 0.5) is 4.39 Å². The summed E-state index contributed by atoms with van der Waals surface area (Å²) < 4.78 is 24.6. The van der Waals surface area contributed by atoms with Crippen LogP contribution >= 0.6 is 0 Å². The Hall–Kier alpha value is -4.33. The van der Waals surface area contributed by atoms with E-state index in [0.29, 0.717) is 11.5 Å². The summed E-state index contributed by atoms with van der Waals surface area (Å²) >= 11 is 0. The van der Waals surface area contributed by atoms with Gasteiger partial charge in [-0.2, -0.15) is 4.98 Å². The first-order valence-electron chi connectivity index (χ1n) is 11.0. The molecule has 0 saturated carbocycles. The molecular formula is C27H24FN3O4. The minimum absolute atomic E-state index is 0.00100. The van der Waals surface area contributed by atoms with Crippen molar-refractivity contribution in [3.8, 4) is 34.0 Å². The molecule has 7 nitrogen and oxygen atoms in total. The molecule has 0 radical (unpaired) electrons. The number of methoxy groups -OCH3 is 1. The number of benzene rings is 3. The lowest BCUT2D eigenvalue weighted by molar-refractivity contribution is -0.140. The van der Waals surface area contributed by atoms with Crippen molar-refractivity contribution in [1.29, 1.82) is 0 Å². The van der Waals surface area contributed by atoms with E-state index in [2.05, 4.69) is 39.3 Å². The predicted molar refractivity (Wildman–Crippen MR) is 129 cm³/mol. The Labute approximate surface area is 201 Å². The fourth-order valence-electron chi connectivity index (χ4n) is 3.75. The number of esters is 1. The van der Waals surface area contributed by atoms with Gasteiger partial charge in [0.05, 0.1) is 19.1 Å². The van der Waals surface area contributed by atoms with Crippen molar-refractivity contribution in [3.63, 3.8) is 0 Å². The number of aryl methyl sites for hydroxylation is 2. The Kier molecular flexibility index (Phi) is 7.01. The Bertz CT molecular complexity index is 1400. The van der Waals surface area contributed by atoms with Gasteiger partial charge in [0.25, 0.3) is 11.8 Å². The summed E-state index contributed by atoms with van der Waals surface area (Å²) in [5.41, 5.74) is 5.50. The van der Waals surface area contributed by atoms with E-state index in [0.717, 1.165) is 22.3 Å². The monoisotopic (exact) mass is 473 g/mol. The van der Waals surface area contributed by atoms with Crippen LogP contribution in [-0.4, -0.2) is 35.7 Å². The van der Waals surface area contributed by atoms with Gasteiger partial charge in [0.15, 0.2) is 0 Å². The average molecular weight is 474 g/mol. The molecule has 1 amide bonds. The molecular weight excluding hydrogens is 449 g/mol. The van der Waals surface area contributed by atoms with Gasteiger partial charge in [0.1, 0.15) is 5.82 Å². The van der Waals surface area contributed by atoms with Crippen LogP contribution in [0.5, 0.6) is 0 Å². The Morgan fingerprint density at radius 2 is 1.71 bits per heavy atom. The molecule has 1 N–H and O–H groups in total. The van der Waals surface area contributed by atoms with Crippen molar-refractivity contribution in [1.82, 2.24) is 15.5 Å². The van der Waals surface area contributed by atoms with Crippen LogP contribution in [0, 0.1) is 19.7 Å². The van der Waals surface area contributed by atoms with Gasteiger partial charge in [-0.15, -0.1) is 0 Å². The highest BCUT2D eigenvalue weighted by Gasteiger charge is 2.17. The normalized spacial score (nSPS) is 10.7. The van der Waals surface area contributed by atoms with Gasteiger partial charge in [-0.05, 0) is 60.4 Å². The first-order valence-corrected chi connectivity index (χ1v) is 11.0. The molecule has 0 saturated heterocycles. The fraction of sp³-hybridized carbons (Fsp3) is 0.185. The van der Waals surface area contributed by atoms with Gasteiger partial charge in [-0.1, -0.05) is 41.6 Å². The highest BCUT2D eigenvalue weighted by molar-refractivity contribution is 5.95. The first kappa shape index (κ1) is 23.8. The number of nitrogens with zero attached hydrogens (tertiary/aromatic N) is 2.